The molecule has 0 bridgehead atoms. The van der Waals surface area contributed by atoms with Crippen LogP contribution < -0.4 is 4.74 Å². The van der Waals surface area contributed by atoms with E-state index in [0.29, 0.717) is 6.42 Å². The molecule has 0 saturated carbocycles. The Morgan fingerprint density at radius 3 is 2.55 bits per heavy atom. The SMILES string of the molecule is COc1ccc(C(Cl)Cc2cc(C)ccc2C)cc1F. The lowest BCUT2D eigenvalue weighted by Crippen LogP contribution is -2.00. The van der Waals surface area contributed by atoms with E-state index in [9.17, 15) is 4.39 Å². The van der Waals surface area contributed by atoms with Crippen LogP contribution in [0.1, 0.15) is 27.6 Å². The highest BCUT2D eigenvalue weighted by Crippen LogP contribution is 2.29. The van der Waals surface area contributed by atoms with Gasteiger partial charge in [-0.1, -0.05) is 29.8 Å². The second-order valence-electron chi connectivity index (χ2n) is 5.00. The van der Waals surface area contributed by atoms with Gasteiger partial charge in [-0.2, -0.15) is 0 Å². The van der Waals surface area contributed by atoms with Gasteiger partial charge in [0, 0.05) is 0 Å². The van der Waals surface area contributed by atoms with Crippen LogP contribution in [0.2, 0.25) is 0 Å². The first-order valence-electron chi connectivity index (χ1n) is 6.55. The first kappa shape index (κ1) is 14.9. The Morgan fingerprint density at radius 2 is 1.90 bits per heavy atom. The van der Waals surface area contributed by atoms with Gasteiger partial charge in [0.05, 0.1) is 12.5 Å². The van der Waals surface area contributed by atoms with Crippen LogP contribution in [0.25, 0.3) is 0 Å². The summed E-state index contributed by atoms with van der Waals surface area (Å²) >= 11 is 6.43. The molecule has 0 aliphatic rings. The predicted octanol–water partition coefficient (Wildman–Crippen LogP) is 4.97. The Bertz CT molecular complexity index is 610. The summed E-state index contributed by atoms with van der Waals surface area (Å²) in [5.41, 5.74) is 4.37. The molecule has 3 heteroatoms. The van der Waals surface area contributed by atoms with E-state index in [-0.39, 0.29) is 16.9 Å². The van der Waals surface area contributed by atoms with Gasteiger partial charge in [0.1, 0.15) is 0 Å². The number of benzene rings is 2. The van der Waals surface area contributed by atoms with Crippen molar-refractivity contribution in [1.82, 2.24) is 0 Å². The molecule has 20 heavy (non-hydrogen) atoms. The van der Waals surface area contributed by atoms with Crippen molar-refractivity contribution in [2.45, 2.75) is 25.6 Å². The molecule has 0 N–H and O–H groups in total. The van der Waals surface area contributed by atoms with Gasteiger partial charge in [0.25, 0.3) is 0 Å². The minimum absolute atomic E-state index is 0.240. The number of halogens is 2. The highest BCUT2D eigenvalue weighted by Gasteiger charge is 2.13. The Kier molecular flexibility index (Phi) is 4.66. The summed E-state index contributed by atoms with van der Waals surface area (Å²) in [6, 6.07) is 11.2. The molecule has 0 spiro atoms. The van der Waals surface area contributed by atoms with E-state index in [1.807, 2.05) is 6.07 Å². The van der Waals surface area contributed by atoms with E-state index >= 15 is 0 Å². The van der Waals surface area contributed by atoms with Gasteiger partial charge < -0.3 is 4.74 Å². The topological polar surface area (TPSA) is 9.23 Å². The maximum atomic E-state index is 13.7. The molecule has 2 aromatic rings. The first-order valence-corrected chi connectivity index (χ1v) is 6.98. The lowest BCUT2D eigenvalue weighted by atomic mass is 9.98. The minimum Gasteiger partial charge on any atom is -0.494 e. The van der Waals surface area contributed by atoms with Crippen molar-refractivity contribution in [1.29, 1.82) is 0 Å². The van der Waals surface area contributed by atoms with Gasteiger partial charge in [-0.25, -0.2) is 4.39 Å². The van der Waals surface area contributed by atoms with Gasteiger partial charge in [-0.05, 0) is 49.1 Å². The van der Waals surface area contributed by atoms with Crippen molar-refractivity contribution in [2.75, 3.05) is 7.11 Å². The maximum Gasteiger partial charge on any atom is 0.165 e. The van der Waals surface area contributed by atoms with E-state index < -0.39 is 0 Å². The number of methoxy groups -OCH3 is 1. The monoisotopic (exact) mass is 292 g/mol. The van der Waals surface area contributed by atoms with Crippen LogP contribution in [-0.4, -0.2) is 7.11 Å². The number of aryl methyl sites for hydroxylation is 2. The predicted molar refractivity (Wildman–Crippen MR) is 81.2 cm³/mol. The third-order valence-electron chi connectivity index (χ3n) is 3.44. The van der Waals surface area contributed by atoms with Gasteiger partial charge in [-0.15, -0.1) is 11.6 Å². The smallest absolute Gasteiger partial charge is 0.165 e. The average molecular weight is 293 g/mol. The Labute approximate surface area is 124 Å². The summed E-state index contributed by atoms with van der Waals surface area (Å²) in [5.74, 6) is -0.138. The van der Waals surface area contributed by atoms with Crippen molar-refractivity contribution < 1.29 is 9.13 Å². The lowest BCUT2D eigenvalue weighted by Gasteiger charge is -2.13. The Balaban J connectivity index is 2.21. The summed E-state index contributed by atoms with van der Waals surface area (Å²) in [5, 5.41) is -0.254. The van der Waals surface area contributed by atoms with E-state index in [4.69, 9.17) is 16.3 Å². The van der Waals surface area contributed by atoms with Gasteiger partial charge >= 0.3 is 0 Å². The van der Waals surface area contributed by atoms with Crippen LogP contribution in [0.15, 0.2) is 36.4 Å². The summed E-state index contributed by atoms with van der Waals surface area (Å²) < 4.78 is 18.6. The fourth-order valence-corrected chi connectivity index (χ4v) is 2.51. The van der Waals surface area contributed by atoms with Crippen LogP contribution in [0.3, 0.4) is 0 Å². The first-order chi connectivity index (χ1) is 9.51. The highest BCUT2D eigenvalue weighted by molar-refractivity contribution is 6.20. The molecule has 2 aromatic carbocycles. The Morgan fingerprint density at radius 1 is 1.15 bits per heavy atom. The fourth-order valence-electron chi connectivity index (χ4n) is 2.21. The standard InChI is InChI=1S/C17H18ClFO/c1-11-4-5-12(2)14(8-11)9-15(18)13-6-7-17(20-3)16(19)10-13/h4-8,10,15H,9H2,1-3H3. The minimum atomic E-state index is -0.378. The third kappa shape index (κ3) is 3.31. The fraction of sp³-hybridized carbons (Fsp3) is 0.294. The largest absolute Gasteiger partial charge is 0.494 e. The van der Waals surface area contributed by atoms with Crippen LogP contribution >= 0.6 is 11.6 Å². The molecule has 0 amide bonds. The molecule has 2 rings (SSSR count). The molecule has 1 atom stereocenters. The molecular weight excluding hydrogens is 275 g/mol. The molecule has 0 aliphatic heterocycles. The van der Waals surface area contributed by atoms with E-state index in [1.165, 1.54) is 29.9 Å². The highest BCUT2D eigenvalue weighted by atomic mass is 35.5. The van der Waals surface area contributed by atoms with Crippen molar-refractivity contribution in [2.24, 2.45) is 0 Å². The zero-order chi connectivity index (χ0) is 14.7. The number of ether oxygens (including phenoxy) is 1. The summed E-state index contributed by atoms with van der Waals surface area (Å²) in [7, 11) is 1.45. The zero-order valence-electron chi connectivity index (χ0n) is 11.9. The Hall–Kier alpha value is -1.54. The van der Waals surface area contributed by atoms with Crippen LogP contribution in [-0.2, 0) is 6.42 Å². The molecule has 106 valence electrons. The van der Waals surface area contributed by atoms with E-state index in [0.717, 1.165) is 5.56 Å². The van der Waals surface area contributed by atoms with Crippen molar-refractivity contribution >= 4 is 11.6 Å². The summed E-state index contributed by atoms with van der Waals surface area (Å²) in [4.78, 5) is 0. The molecule has 0 radical (unpaired) electrons. The second kappa shape index (κ2) is 6.27. The summed E-state index contributed by atoms with van der Waals surface area (Å²) in [6.45, 7) is 4.12. The number of hydrogen-bond acceptors (Lipinski definition) is 1. The quantitative estimate of drug-likeness (QED) is 0.723. The number of hydrogen-bond donors (Lipinski definition) is 0. The second-order valence-corrected chi connectivity index (χ2v) is 5.52. The van der Waals surface area contributed by atoms with E-state index in [2.05, 4.69) is 32.0 Å². The van der Waals surface area contributed by atoms with Crippen LogP contribution in [0.4, 0.5) is 4.39 Å². The third-order valence-corrected chi connectivity index (χ3v) is 3.85. The zero-order valence-corrected chi connectivity index (χ0v) is 12.7. The lowest BCUT2D eigenvalue weighted by molar-refractivity contribution is 0.386. The van der Waals surface area contributed by atoms with E-state index in [1.54, 1.807) is 6.07 Å². The average Bonchev–Trinajstić information content (AvgIpc) is 2.42. The number of alkyl halides is 1. The van der Waals surface area contributed by atoms with Gasteiger partial charge in [0.15, 0.2) is 11.6 Å². The molecule has 1 nitrogen and oxygen atoms in total. The molecular formula is C17H18ClFO. The van der Waals surface area contributed by atoms with Gasteiger partial charge in [0.2, 0.25) is 0 Å². The molecule has 0 saturated heterocycles. The molecule has 0 aliphatic carbocycles. The van der Waals surface area contributed by atoms with Crippen LogP contribution in [0, 0.1) is 19.7 Å². The van der Waals surface area contributed by atoms with Gasteiger partial charge in [-0.3, -0.25) is 0 Å². The van der Waals surface area contributed by atoms with Crippen molar-refractivity contribution in [3.63, 3.8) is 0 Å². The van der Waals surface area contributed by atoms with Crippen molar-refractivity contribution in [3.8, 4) is 5.75 Å². The molecule has 0 heterocycles. The van der Waals surface area contributed by atoms with Crippen molar-refractivity contribution in [3.05, 3.63) is 64.5 Å². The molecule has 1 unspecified atom stereocenters. The normalized spacial score (nSPS) is 12.2. The molecule has 0 aromatic heterocycles. The summed E-state index contributed by atoms with van der Waals surface area (Å²) in [6.07, 6.45) is 0.681. The molecule has 0 fully saturated rings. The van der Waals surface area contributed by atoms with Crippen LogP contribution in [0.5, 0.6) is 5.75 Å². The number of rotatable bonds is 4. The maximum absolute atomic E-state index is 13.7.